The predicted octanol–water partition coefficient (Wildman–Crippen LogP) is 3.19. The summed E-state index contributed by atoms with van der Waals surface area (Å²) in [6.07, 6.45) is 3.31. The van der Waals surface area contributed by atoms with E-state index < -0.39 is 0 Å². The van der Waals surface area contributed by atoms with E-state index in [0.29, 0.717) is 24.3 Å². The van der Waals surface area contributed by atoms with Crippen LogP contribution in [0.3, 0.4) is 0 Å². The maximum absolute atomic E-state index is 11.5. The minimum atomic E-state index is -0.257. The first-order chi connectivity index (χ1) is 7.54. The second-order valence-electron chi connectivity index (χ2n) is 5.30. The Morgan fingerprint density at radius 1 is 1.44 bits per heavy atom. The van der Waals surface area contributed by atoms with Crippen LogP contribution in [0.15, 0.2) is 0 Å². The van der Waals surface area contributed by atoms with Crippen molar-refractivity contribution in [2.75, 3.05) is 6.54 Å². The lowest BCUT2D eigenvalue weighted by Crippen LogP contribution is -2.38. The van der Waals surface area contributed by atoms with Gasteiger partial charge in [0.15, 0.2) is 0 Å². The van der Waals surface area contributed by atoms with Crippen LogP contribution in [0.4, 0.5) is 4.79 Å². The largest absolute Gasteiger partial charge is 0.446 e. The van der Waals surface area contributed by atoms with Crippen LogP contribution in [0.1, 0.15) is 47.0 Å². The molecule has 1 saturated carbocycles. The van der Waals surface area contributed by atoms with Crippen molar-refractivity contribution in [2.24, 2.45) is 17.8 Å². The highest BCUT2D eigenvalue weighted by Gasteiger charge is 2.33. The summed E-state index contributed by atoms with van der Waals surface area (Å²) in [5.41, 5.74) is 0. The second-order valence-corrected chi connectivity index (χ2v) is 5.30. The van der Waals surface area contributed by atoms with E-state index in [2.05, 4.69) is 26.1 Å². The summed E-state index contributed by atoms with van der Waals surface area (Å²) in [7, 11) is 0. The van der Waals surface area contributed by atoms with Crippen LogP contribution in [0, 0.1) is 17.8 Å². The van der Waals surface area contributed by atoms with E-state index in [0.717, 1.165) is 6.42 Å². The number of hydrogen-bond donors (Lipinski definition) is 1. The number of hydrogen-bond acceptors (Lipinski definition) is 2. The molecule has 0 bridgehead atoms. The van der Waals surface area contributed by atoms with Gasteiger partial charge in [-0.05, 0) is 37.5 Å². The molecule has 0 aliphatic heterocycles. The van der Waals surface area contributed by atoms with Gasteiger partial charge in [-0.1, -0.05) is 27.2 Å². The molecule has 1 fully saturated rings. The lowest BCUT2D eigenvalue weighted by atomic mass is 9.75. The van der Waals surface area contributed by atoms with Gasteiger partial charge in [-0.15, -0.1) is 0 Å². The number of carbonyl (C=O) groups excluding carboxylic acids is 1. The summed E-state index contributed by atoms with van der Waals surface area (Å²) in [6, 6.07) is 0. The van der Waals surface area contributed by atoms with Gasteiger partial charge in [-0.3, -0.25) is 0 Å². The van der Waals surface area contributed by atoms with Crippen molar-refractivity contribution in [3.8, 4) is 0 Å². The number of amides is 1. The molecule has 0 aromatic carbocycles. The number of alkyl carbamates (subject to hydrolysis) is 1. The molecule has 0 aromatic rings. The topological polar surface area (TPSA) is 38.3 Å². The fraction of sp³-hybridized carbons (Fsp3) is 0.923. The van der Waals surface area contributed by atoms with Crippen molar-refractivity contribution in [2.45, 2.75) is 53.1 Å². The van der Waals surface area contributed by atoms with Gasteiger partial charge in [0, 0.05) is 6.54 Å². The molecule has 1 rings (SSSR count). The molecule has 1 amide bonds. The first-order valence-corrected chi connectivity index (χ1v) is 6.49. The van der Waals surface area contributed by atoms with Gasteiger partial charge in [0.05, 0.1) is 0 Å². The van der Waals surface area contributed by atoms with Gasteiger partial charge >= 0.3 is 6.09 Å². The molecule has 0 heterocycles. The SMILES string of the molecule is CCNC(=O)O[C@H]1C[C@@H](C)CCC1C(C)C. The average molecular weight is 227 g/mol. The van der Waals surface area contributed by atoms with E-state index in [4.69, 9.17) is 4.74 Å². The Morgan fingerprint density at radius 3 is 2.69 bits per heavy atom. The molecule has 1 unspecified atom stereocenters. The van der Waals surface area contributed by atoms with Crippen LogP contribution in [0.25, 0.3) is 0 Å². The monoisotopic (exact) mass is 227 g/mol. The highest BCUT2D eigenvalue weighted by Crippen LogP contribution is 2.35. The molecule has 0 radical (unpaired) electrons. The summed E-state index contributed by atoms with van der Waals surface area (Å²) in [6.45, 7) is 9.21. The quantitative estimate of drug-likeness (QED) is 0.804. The predicted molar refractivity (Wildman–Crippen MR) is 65.3 cm³/mol. The van der Waals surface area contributed by atoms with E-state index >= 15 is 0 Å². The molecule has 3 nitrogen and oxygen atoms in total. The fourth-order valence-electron chi connectivity index (χ4n) is 2.57. The van der Waals surface area contributed by atoms with Gasteiger partial charge in [-0.25, -0.2) is 4.79 Å². The lowest BCUT2D eigenvalue weighted by Gasteiger charge is -2.36. The summed E-state index contributed by atoms with van der Waals surface area (Å²) >= 11 is 0. The minimum absolute atomic E-state index is 0.107. The summed E-state index contributed by atoms with van der Waals surface area (Å²) < 4.78 is 5.53. The van der Waals surface area contributed by atoms with Crippen molar-refractivity contribution in [1.29, 1.82) is 0 Å². The van der Waals surface area contributed by atoms with Gasteiger partial charge in [-0.2, -0.15) is 0 Å². The molecular formula is C13H25NO2. The van der Waals surface area contributed by atoms with E-state index in [1.54, 1.807) is 0 Å². The lowest BCUT2D eigenvalue weighted by molar-refractivity contribution is 0.00643. The van der Waals surface area contributed by atoms with Crippen LogP contribution in [0.5, 0.6) is 0 Å². The van der Waals surface area contributed by atoms with Crippen molar-refractivity contribution in [3.63, 3.8) is 0 Å². The smallest absolute Gasteiger partial charge is 0.407 e. The van der Waals surface area contributed by atoms with E-state index in [-0.39, 0.29) is 12.2 Å². The molecule has 0 spiro atoms. The Bertz CT molecular complexity index is 228. The third-order valence-electron chi connectivity index (χ3n) is 3.54. The Morgan fingerprint density at radius 2 is 2.12 bits per heavy atom. The van der Waals surface area contributed by atoms with Crippen LogP contribution < -0.4 is 5.32 Å². The maximum atomic E-state index is 11.5. The molecule has 94 valence electrons. The summed E-state index contributed by atoms with van der Waals surface area (Å²) in [5, 5.41) is 2.71. The Balaban J connectivity index is 2.54. The van der Waals surface area contributed by atoms with Crippen LogP contribution in [-0.2, 0) is 4.74 Å². The van der Waals surface area contributed by atoms with Crippen molar-refractivity contribution in [1.82, 2.24) is 5.32 Å². The molecule has 0 saturated heterocycles. The fourth-order valence-corrected chi connectivity index (χ4v) is 2.57. The van der Waals surface area contributed by atoms with Gasteiger partial charge < -0.3 is 10.1 Å². The summed E-state index contributed by atoms with van der Waals surface area (Å²) in [5.74, 6) is 1.79. The first kappa shape index (κ1) is 13.3. The molecular weight excluding hydrogens is 202 g/mol. The maximum Gasteiger partial charge on any atom is 0.407 e. The molecule has 1 N–H and O–H groups in total. The zero-order valence-corrected chi connectivity index (χ0v) is 11.0. The van der Waals surface area contributed by atoms with Crippen LogP contribution in [0.2, 0.25) is 0 Å². The standard InChI is InChI=1S/C13H25NO2/c1-5-14-13(15)16-12-8-10(4)6-7-11(12)9(2)3/h9-12H,5-8H2,1-4H3,(H,14,15)/t10-,11?,12-/m0/s1. The molecule has 1 aliphatic rings. The van der Waals surface area contributed by atoms with Crippen LogP contribution >= 0.6 is 0 Å². The minimum Gasteiger partial charge on any atom is -0.446 e. The number of nitrogens with one attached hydrogen (secondary N) is 1. The van der Waals surface area contributed by atoms with Crippen LogP contribution in [-0.4, -0.2) is 18.7 Å². The molecule has 3 heteroatoms. The van der Waals surface area contributed by atoms with Gasteiger partial charge in [0.1, 0.15) is 6.10 Å². The first-order valence-electron chi connectivity index (χ1n) is 6.49. The summed E-state index contributed by atoms with van der Waals surface area (Å²) in [4.78, 5) is 11.5. The number of rotatable bonds is 3. The highest BCUT2D eigenvalue weighted by atomic mass is 16.6. The van der Waals surface area contributed by atoms with E-state index in [1.165, 1.54) is 12.8 Å². The second kappa shape index (κ2) is 6.12. The Kier molecular flexibility index (Phi) is 5.10. The van der Waals surface area contributed by atoms with Crippen molar-refractivity contribution < 1.29 is 9.53 Å². The van der Waals surface area contributed by atoms with Crippen molar-refractivity contribution in [3.05, 3.63) is 0 Å². The molecule has 3 atom stereocenters. The molecule has 0 aromatic heterocycles. The van der Waals surface area contributed by atoms with E-state index in [1.807, 2.05) is 6.92 Å². The Labute approximate surface area is 98.9 Å². The zero-order valence-electron chi connectivity index (χ0n) is 11.0. The van der Waals surface area contributed by atoms with Gasteiger partial charge in [0.2, 0.25) is 0 Å². The average Bonchev–Trinajstić information content (AvgIpc) is 2.17. The highest BCUT2D eigenvalue weighted by molar-refractivity contribution is 5.67. The molecule has 1 aliphatic carbocycles. The normalized spacial score (nSPS) is 30.2. The van der Waals surface area contributed by atoms with E-state index in [9.17, 15) is 4.79 Å². The third kappa shape index (κ3) is 3.69. The van der Waals surface area contributed by atoms with Gasteiger partial charge in [0.25, 0.3) is 0 Å². The number of ether oxygens (including phenoxy) is 1. The Hall–Kier alpha value is -0.730. The zero-order chi connectivity index (χ0) is 12.1. The third-order valence-corrected chi connectivity index (χ3v) is 3.54. The number of carbonyl (C=O) groups is 1. The molecule has 16 heavy (non-hydrogen) atoms. The van der Waals surface area contributed by atoms with Crippen molar-refractivity contribution >= 4 is 6.09 Å².